The number of carboxylic acids is 1. The molecule has 1 aromatic carbocycles. The van der Waals surface area contributed by atoms with E-state index in [1.807, 2.05) is 54.8 Å². The molecule has 0 amide bonds. The molecule has 3 heterocycles. The summed E-state index contributed by atoms with van der Waals surface area (Å²) in [5.41, 5.74) is -0.225. The van der Waals surface area contributed by atoms with E-state index in [2.05, 4.69) is 0 Å². The summed E-state index contributed by atoms with van der Waals surface area (Å²) in [6.07, 6.45) is 0. The minimum absolute atomic E-state index is 0.330. The van der Waals surface area contributed by atoms with Crippen LogP contribution in [-0.2, 0) is 10.3 Å². The number of carbonyl (C=O) groups is 1. The Morgan fingerprint density at radius 3 is 2.46 bits per heavy atom. The van der Waals surface area contributed by atoms with Crippen LogP contribution < -0.4 is 5.56 Å². The van der Waals surface area contributed by atoms with Crippen LogP contribution in [0.1, 0.15) is 18.7 Å². The van der Waals surface area contributed by atoms with Crippen molar-refractivity contribution in [3.8, 4) is 21.8 Å². The summed E-state index contributed by atoms with van der Waals surface area (Å²) in [6, 6.07) is 13.1. The summed E-state index contributed by atoms with van der Waals surface area (Å²) in [5.74, 6) is -0.720. The maximum atomic E-state index is 13.7. The first-order valence-electron chi connectivity index (χ1n) is 8.71. The summed E-state index contributed by atoms with van der Waals surface area (Å²) in [7, 11) is 0. The highest BCUT2D eigenvalue weighted by Gasteiger charge is 2.35. The van der Waals surface area contributed by atoms with Gasteiger partial charge in [0, 0.05) is 20.9 Å². The standard InChI is InChI=1S/C21H18N2O3S2/c1-12-15(14-10-7-11-27-14)16-18(28-12)22-17(13-8-5-4-6-9-13)23(19(16)24)21(2,3)20(25)26/h4-11H,1-3H3,(H,25,26). The molecular weight excluding hydrogens is 392 g/mol. The summed E-state index contributed by atoms with van der Waals surface area (Å²) >= 11 is 3.02. The Hall–Kier alpha value is -2.77. The molecule has 0 saturated heterocycles. The molecule has 0 radical (unpaired) electrons. The molecule has 5 nitrogen and oxygen atoms in total. The largest absolute Gasteiger partial charge is 0.480 e. The Bertz CT molecular complexity index is 1240. The number of fused-ring (bicyclic) bond motifs is 1. The van der Waals surface area contributed by atoms with Crippen LogP contribution in [0.25, 0.3) is 32.0 Å². The molecule has 0 aliphatic rings. The van der Waals surface area contributed by atoms with Crippen LogP contribution in [-0.4, -0.2) is 20.6 Å². The second-order valence-electron chi connectivity index (χ2n) is 7.00. The first-order valence-corrected chi connectivity index (χ1v) is 10.4. The van der Waals surface area contributed by atoms with Crippen LogP contribution in [0.4, 0.5) is 0 Å². The number of nitrogens with zero attached hydrogens (tertiary/aromatic N) is 2. The minimum atomic E-state index is -1.45. The van der Waals surface area contributed by atoms with E-state index in [4.69, 9.17) is 4.98 Å². The molecule has 1 N–H and O–H groups in total. The second kappa shape index (κ2) is 6.68. The van der Waals surface area contributed by atoms with Gasteiger partial charge in [0.15, 0.2) is 0 Å². The van der Waals surface area contributed by atoms with Crippen molar-refractivity contribution in [2.24, 2.45) is 0 Å². The lowest BCUT2D eigenvalue weighted by atomic mass is 10.0. The number of aryl methyl sites for hydroxylation is 1. The third kappa shape index (κ3) is 2.78. The highest BCUT2D eigenvalue weighted by Crippen LogP contribution is 2.39. The number of rotatable bonds is 4. The van der Waals surface area contributed by atoms with Crippen molar-refractivity contribution in [1.82, 2.24) is 9.55 Å². The number of hydrogen-bond acceptors (Lipinski definition) is 5. The maximum absolute atomic E-state index is 13.7. The van der Waals surface area contributed by atoms with Crippen LogP contribution in [0.3, 0.4) is 0 Å². The summed E-state index contributed by atoms with van der Waals surface area (Å²) in [5, 5.41) is 12.3. The molecule has 0 aliphatic heterocycles. The first kappa shape index (κ1) is 18.6. The van der Waals surface area contributed by atoms with Gasteiger partial charge in [0.2, 0.25) is 0 Å². The van der Waals surface area contributed by atoms with Gasteiger partial charge >= 0.3 is 5.97 Å². The average Bonchev–Trinajstić information content (AvgIpc) is 3.28. The van der Waals surface area contributed by atoms with Gasteiger partial charge < -0.3 is 5.11 Å². The number of hydrogen-bond donors (Lipinski definition) is 1. The van der Waals surface area contributed by atoms with Crippen molar-refractivity contribution >= 4 is 38.9 Å². The molecule has 0 bridgehead atoms. The van der Waals surface area contributed by atoms with E-state index >= 15 is 0 Å². The van der Waals surface area contributed by atoms with Gasteiger partial charge in [-0.25, -0.2) is 9.78 Å². The van der Waals surface area contributed by atoms with Gasteiger partial charge in [-0.15, -0.1) is 22.7 Å². The van der Waals surface area contributed by atoms with E-state index < -0.39 is 11.5 Å². The molecule has 0 saturated carbocycles. The third-order valence-corrected chi connectivity index (χ3v) is 6.67. The van der Waals surface area contributed by atoms with Crippen molar-refractivity contribution in [3.05, 3.63) is 63.1 Å². The van der Waals surface area contributed by atoms with Gasteiger partial charge in [0.05, 0.1) is 5.39 Å². The summed E-state index contributed by atoms with van der Waals surface area (Å²) < 4.78 is 1.32. The van der Waals surface area contributed by atoms with Crippen LogP contribution in [0.2, 0.25) is 0 Å². The molecule has 0 atom stereocenters. The second-order valence-corrected chi connectivity index (χ2v) is 9.15. The molecule has 0 aliphatic carbocycles. The molecule has 4 rings (SSSR count). The highest BCUT2D eigenvalue weighted by atomic mass is 32.1. The quantitative estimate of drug-likeness (QED) is 0.515. The Morgan fingerprint density at radius 2 is 1.86 bits per heavy atom. The lowest BCUT2D eigenvalue weighted by molar-refractivity contribution is -0.145. The van der Waals surface area contributed by atoms with Gasteiger partial charge in [-0.1, -0.05) is 36.4 Å². The normalized spacial score (nSPS) is 11.8. The predicted octanol–water partition coefficient (Wildman–Crippen LogP) is 4.98. The van der Waals surface area contributed by atoms with Crippen LogP contribution in [0.5, 0.6) is 0 Å². The lowest BCUT2D eigenvalue weighted by Gasteiger charge is -2.25. The van der Waals surface area contributed by atoms with Crippen molar-refractivity contribution in [3.63, 3.8) is 0 Å². The smallest absolute Gasteiger partial charge is 0.329 e. The molecule has 28 heavy (non-hydrogen) atoms. The molecule has 0 spiro atoms. The Morgan fingerprint density at radius 1 is 1.14 bits per heavy atom. The topological polar surface area (TPSA) is 72.2 Å². The zero-order chi connectivity index (χ0) is 20.1. The number of thiophene rings is 2. The molecular formula is C21H18N2O3S2. The molecule has 0 unspecified atom stereocenters. The minimum Gasteiger partial charge on any atom is -0.480 e. The number of aliphatic carboxylic acids is 1. The van der Waals surface area contributed by atoms with Crippen LogP contribution in [0.15, 0.2) is 52.6 Å². The molecule has 7 heteroatoms. The Balaban J connectivity index is 2.17. The van der Waals surface area contributed by atoms with Gasteiger partial charge in [0.25, 0.3) is 5.56 Å². The van der Waals surface area contributed by atoms with E-state index in [1.165, 1.54) is 29.8 Å². The van der Waals surface area contributed by atoms with E-state index in [0.29, 0.717) is 21.6 Å². The van der Waals surface area contributed by atoms with Gasteiger partial charge in [-0.3, -0.25) is 9.36 Å². The van der Waals surface area contributed by atoms with E-state index in [-0.39, 0.29) is 5.56 Å². The molecule has 0 fully saturated rings. The molecule has 142 valence electrons. The first-order chi connectivity index (χ1) is 13.3. The summed E-state index contributed by atoms with van der Waals surface area (Å²) in [6.45, 7) is 5.02. The maximum Gasteiger partial charge on any atom is 0.329 e. The zero-order valence-corrected chi connectivity index (χ0v) is 17.2. The SMILES string of the molecule is Cc1sc2nc(-c3ccccc3)n(C(C)(C)C(=O)O)c(=O)c2c1-c1cccs1. The fraction of sp³-hybridized carbons (Fsp3) is 0.190. The lowest BCUT2D eigenvalue weighted by Crippen LogP contribution is -2.44. The van der Waals surface area contributed by atoms with Crippen molar-refractivity contribution in [2.45, 2.75) is 26.3 Å². The Labute approximate surface area is 169 Å². The Kier molecular flexibility index (Phi) is 4.44. The molecule has 3 aromatic heterocycles. The van der Waals surface area contributed by atoms with Crippen molar-refractivity contribution in [2.75, 3.05) is 0 Å². The fourth-order valence-corrected chi connectivity index (χ4v) is 5.20. The monoisotopic (exact) mass is 410 g/mol. The number of carboxylic acid groups (broad SMARTS) is 1. The number of aromatic nitrogens is 2. The van der Waals surface area contributed by atoms with Gasteiger partial charge in [-0.2, -0.15) is 0 Å². The van der Waals surface area contributed by atoms with E-state index in [0.717, 1.165) is 15.3 Å². The summed E-state index contributed by atoms with van der Waals surface area (Å²) in [4.78, 5) is 33.1. The fourth-order valence-electron chi connectivity index (χ4n) is 3.27. The van der Waals surface area contributed by atoms with Crippen molar-refractivity contribution in [1.29, 1.82) is 0 Å². The third-order valence-electron chi connectivity index (χ3n) is 4.78. The van der Waals surface area contributed by atoms with Crippen LogP contribution >= 0.6 is 22.7 Å². The van der Waals surface area contributed by atoms with E-state index in [9.17, 15) is 14.7 Å². The van der Waals surface area contributed by atoms with E-state index in [1.54, 1.807) is 11.3 Å². The van der Waals surface area contributed by atoms with Gasteiger partial charge in [-0.05, 0) is 32.2 Å². The van der Waals surface area contributed by atoms with Crippen molar-refractivity contribution < 1.29 is 9.90 Å². The van der Waals surface area contributed by atoms with Gasteiger partial charge in [0.1, 0.15) is 16.2 Å². The number of benzene rings is 1. The molecule has 4 aromatic rings. The predicted molar refractivity (Wildman–Crippen MR) is 114 cm³/mol. The average molecular weight is 411 g/mol. The zero-order valence-electron chi connectivity index (χ0n) is 15.6. The highest BCUT2D eigenvalue weighted by molar-refractivity contribution is 7.20. The van der Waals surface area contributed by atoms with Crippen LogP contribution in [0, 0.1) is 6.92 Å².